The first-order chi connectivity index (χ1) is 8.86. The van der Waals surface area contributed by atoms with Crippen molar-refractivity contribution in [2.75, 3.05) is 18.0 Å². The van der Waals surface area contributed by atoms with Gasteiger partial charge in [0, 0.05) is 31.0 Å². The van der Waals surface area contributed by atoms with Crippen LogP contribution in [0.3, 0.4) is 0 Å². The summed E-state index contributed by atoms with van der Waals surface area (Å²) < 4.78 is 0. The third-order valence-corrected chi connectivity index (χ3v) is 4.46. The van der Waals surface area contributed by atoms with E-state index in [9.17, 15) is 0 Å². The molecule has 1 aromatic heterocycles. The minimum absolute atomic E-state index is 0.598. The lowest BCUT2D eigenvalue weighted by Crippen LogP contribution is -2.50. The van der Waals surface area contributed by atoms with Gasteiger partial charge in [-0.2, -0.15) is 0 Å². The van der Waals surface area contributed by atoms with Crippen molar-refractivity contribution in [2.45, 2.75) is 44.2 Å². The molecule has 18 heavy (non-hydrogen) atoms. The van der Waals surface area contributed by atoms with Gasteiger partial charge >= 0.3 is 0 Å². The van der Waals surface area contributed by atoms with Crippen molar-refractivity contribution in [1.29, 1.82) is 0 Å². The lowest BCUT2D eigenvalue weighted by atomic mass is 9.94. The van der Waals surface area contributed by atoms with Gasteiger partial charge in [0.2, 0.25) is 0 Å². The molecule has 2 unspecified atom stereocenters. The normalized spacial score (nSPS) is 28.6. The number of pyridine rings is 1. The Morgan fingerprint density at radius 3 is 3.00 bits per heavy atom. The van der Waals surface area contributed by atoms with Gasteiger partial charge in [0.15, 0.2) is 0 Å². The lowest BCUT2D eigenvalue weighted by molar-refractivity contribution is 0.378. The summed E-state index contributed by atoms with van der Waals surface area (Å²) in [5.74, 6) is 0. The zero-order valence-electron chi connectivity index (χ0n) is 10.6. The van der Waals surface area contributed by atoms with E-state index in [2.05, 4.69) is 21.3 Å². The molecule has 4 heteroatoms. The molecule has 0 aromatic carbocycles. The number of halogens is 1. The van der Waals surface area contributed by atoms with Crippen molar-refractivity contribution in [3.63, 3.8) is 0 Å². The molecule has 2 saturated heterocycles. The van der Waals surface area contributed by atoms with Crippen molar-refractivity contribution in [3.05, 3.63) is 23.5 Å². The summed E-state index contributed by atoms with van der Waals surface area (Å²) in [6.45, 7) is 2.28. The molecule has 3 heterocycles. The quantitative estimate of drug-likeness (QED) is 0.891. The minimum Gasteiger partial charge on any atom is -0.366 e. The number of piperidine rings is 1. The van der Waals surface area contributed by atoms with Gasteiger partial charge in [0.25, 0.3) is 0 Å². The van der Waals surface area contributed by atoms with Crippen molar-refractivity contribution in [1.82, 2.24) is 10.3 Å². The predicted molar refractivity (Wildman–Crippen MR) is 75.3 cm³/mol. The van der Waals surface area contributed by atoms with Gasteiger partial charge in [-0.1, -0.05) is 11.6 Å². The van der Waals surface area contributed by atoms with Gasteiger partial charge < -0.3 is 10.2 Å². The highest BCUT2D eigenvalue weighted by Crippen LogP contribution is 2.33. The highest BCUT2D eigenvalue weighted by Gasteiger charge is 2.32. The molecule has 3 nitrogen and oxygen atoms in total. The van der Waals surface area contributed by atoms with Crippen LogP contribution < -0.4 is 10.2 Å². The summed E-state index contributed by atoms with van der Waals surface area (Å²) in [6.07, 6.45) is 10.1. The molecule has 0 spiro atoms. The van der Waals surface area contributed by atoms with Gasteiger partial charge in [-0.3, -0.25) is 4.98 Å². The van der Waals surface area contributed by atoms with Crippen molar-refractivity contribution < 1.29 is 0 Å². The van der Waals surface area contributed by atoms with Crippen LogP contribution in [0.25, 0.3) is 0 Å². The number of anilines is 1. The topological polar surface area (TPSA) is 28.2 Å². The number of nitrogens with one attached hydrogen (secondary N) is 1. The molecule has 2 aliphatic rings. The molecule has 2 atom stereocenters. The minimum atomic E-state index is 0.598. The van der Waals surface area contributed by atoms with Crippen molar-refractivity contribution in [3.8, 4) is 0 Å². The highest BCUT2D eigenvalue weighted by atomic mass is 35.5. The molecule has 1 aromatic rings. The maximum absolute atomic E-state index is 6.31. The zero-order chi connectivity index (χ0) is 12.4. The van der Waals surface area contributed by atoms with Crippen molar-refractivity contribution >= 4 is 17.3 Å². The van der Waals surface area contributed by atoms with E-state index in [0.717, 1.165) is 17.3 Å². The second-order valence-electron chi connectivity index (χ2n) is 5.29. The summed E-state index contributed by atoms with van der Waals surface area (Å²) in [4.78, 5) is 6.58. The smallest absolute Gasteiger partial charge is 0.0822 e. The van der Waals surface area contributed by atoms with Gasteiger partial charge in [-0.05, 0) is 44.7 Å². The number of rotatable bonds is 2. The fourth-order valence-corrected chi connectivity index (χ4v) is 3.54. The zero-order valence-corrected chi connectivity index (χ0v) is 11.4. The van der Waals surface area contributed by atoms with E-state index in [4.69, 9.17) is 11.6 Å². The number of aromatic nitrogens is 1. The Labute approximate surface area is 114 Å². The first-order valence-corrected chi connectivity index (χ1v) is 7.33. The van der Waals surface area contributed by atoms with Gasteiger partial charge in [0.05, 0.1) is 10.7 Å². The van der Waals surface area contributed by atoms with Crippen LogP contribution in [-0.4, -0.2) is 30.2 Å². The average molecular weight is 266 g/mol. The molecule has 98 valence electrons. The van der Waals surface area contributed by atoms with E-state index in [1.54, 1.807) is 6.20 Å². The van der Waals surface area contributed by atoms with E-state index >= 15 is 0 Å². The predicted octanol–water partition coefficient (Wildman–Crippen LogP) is 2.85. The molecule has 3 rings (SSSR count). The van der Waals surface area contributed by atoms with E-state index in [1.807, 2.05) is 6.20 Å². The Morgan fingerprint density at radius 1 is 1.28 bits per heavy atom. The Kier molecular flexibility index (Phi) is 3.71. The van der Waals surface area contributed by atoms with Gasteiger partial charge in [-0.25, -0.2) is 0 Å². The van der Waals surface area contributed by atoms with Crippen LogP contribution in [0, 0.1) is 0 Å². The third kappa shape index (κ3) is 2.34. The van der Waals surface area contributed by atoms with E-state index in [0.29, 0.717) is 12.1 Å². The molecule has 0 saturated carbocycles. The van der Waals surface area contributed by atoms with Gasteiger partial charge in [-0.15, -0.1) is 0 Å². The molecular weight excluding hydrogens is 246 g/mol. The van der Waals surface area contributed by atoms with Crippen molar-refractivity contribution in [2.24, 2.45) is 0 Å². The Hall–Kier alpha value is -0.800. The Balaban J connectivity index is 1.85. The number of nitrogens with zero attached hydrogens (tertiary/aromatic N) is 2. The summed E-state index contributed by atoms with van der Waals surface area (Å²) >= 11 is 6.31. The average Bonchev–Trinajstić information content (AvgIpc) is 2.93. The highest BCUT2D eigenvalue weighted by molar-refractivity contribution is 6.33. The third-order valence-electron chi connectivity index (χ3n) is 4.17. The second-order valence-corrected chi connectivity index (χ2v) is 5.69. The molecule has 1 N–H and O–H groups in total. The fraction of sp³-hybridized carbons (Fsp3) is 0.643. The molecule has 0 bridgehead atoms. The summed E-state index contributed by atoms with van der Waals surface area (Å²) in [7, 11) is 0. The second kappa shape index (κ2) is 5.45. The van der Waals surface area contributed by atoms with Crippen LogP contribution in [0.5, 0.6) is 0 Å². The molecule has 0 amide bonds. The van der Waals surface area contributed by atoms with E-state index in [-0.39, 0.29) is 0 Å². The molecular formula is C14H20ClN3. The van der Waals surface area contributed by atoms with Crippen LogP contribution in [0.2, 0.25) is 5.02 Å². The van der Waals surface area contributed by atoms with Crippen LogP contribution in [0.15, 0.2) is 18.5 Å². The van der Waals surface area contributed by atoms with Crippen LogP contribution in [0.4, 0.5) is 5.69 Å². The standard InChI is InChI=1S/C14H20ClN3/c15-11-10-16-8-6-13(11)18-9-2-1-5-14(18)12-4-3-7-17-12/h6,8,10,12,14,17H,1-5,7,9H2. The Bertz CT molecular complexity index is 404. The first-order valence-electron chi connectivity index (χ1n) is 6.96. The SMILES string of the molecule is Clc1cnccc1N1CCCCC1C1CCCN1. The summed E-state index contributed by atoms with van der Waals surface area (Å²) in [5, 5.41) is 4.43. The van der Waals surface area contributed by atoms with E-state index < -0.39 is 0 Å². The maximum Gasteiger partial charge on any atom is 0.0822 e. The van der Waals surface area contributed by atoms with Crippen LogP contribution in [0.1, 0.15) is 32.1 Å². The van der Waals surface area contributed by atoms with Crippen LogP contribution in [-0.2, 0) is 0 Å². The lowest BCUT2D eigenvalue weighted by Gasteiger charge is -2.41. The van der Waals surface area contributed by atoms with Gasteiger partial charge in [0.1, 0.15) is 0 Å². The van der Waals surface area contributed by atoms with E-state index in [1.165, 1.54) is 38.6 Å². The van der Waals surface area contributed by atoms with Crippen LogP contribution >= 0.6 is 11.6 Å². The monoisotopic (exact) mass is 265 g/mol. The summed E-state index contributed by atoms with van der Waals surface area (Å²) in [5.41, 5.74) is 1.16. The fourth-order valence-electron chi connectivity index (χ4n) is 3.32. The molecule has 0 radical (unpaired) electrons. The number of hydrogen-bond acceptors (Lipinski definition) is 3. The largest absolute Gasteiger partial charge is 0.366 e. The maximum atomic E-state index is 6.31. The molecule has 0 aliphatic carbocycles. The summed E-state index contributed by atoms with van der Waals surface area (Å²) in [6, 6.07) is 3.28. The number of hydrogen-bond donors (Lipinski definition) is 1. The molecule has 2 aliphatic heterocycles. The Morgan fingerprint density at radius 2 is 2.22 bits per heavy atom. The first kappa shape index (κ1) is 12.2. The molecule has 2 fully saturated rings.